The first-order chi connectivity index (χ1) is 18.8. The fourth-order valence-corrected chi connectivity index (χ4v) is 6.37. The molecule has 1 atom stereocenters. The standard InChI is InChI=1S/C30H30Cl4N2O2S/c31-23-12-11-22(26(33)16-23)17-36(29(37)19-39-18-21-10-13-25(32)27(34)14-21)28(15-20-6-2-1-3-7-20)30(38)35-24-8-4-5-9-24/h1-3,6-7,10-14,16,24,28H,4-5,8-9,15,17-19H2,(H,35,38). The van der Waals surface area contributed by atoms with Crippen LogP contribution in [0.3, 0.4) is 0 Å². The number of carbonyl (C=O) groups excluding carboxylic acids is 2. The number of benzene rings is 3. The maximum atomic E-state index is 13.8. The molecule has 0 spiro atoms. The lowest BCUT2D eigenvalue weighted by Crippen LogP contribution is -2.52. The summed E-state index contributed by atoms with van der Waals surface area (Å²) in [6.07, 6.45) is 4.51. The third-order valence-corrected chi connectivity index (χ3v) is 9.12. The molecule has 3 aromatic rings. The Balaban J connectivity index is 1.58. The van der Waals surface area contributed by atoms with E-state index in [1.54, 1.807) is 29.2 Å². The number of carbonyl (C=O) groups is 2. The molecule has 4 rings (SSSR count). The van der Waals surface area contributed by atoms with Crippen molar-refractivity contribution in [1.82, 2.24) is 10.2 Å². The molecule has 1 aliphatic carbocycles. The molecule has 206 valence electrons. The quantitative estimate of drug-likeness (QED) is 0.234. The summed E-state index contributed by atoms with van der Waals surface area (Å²) in [6.45, 7) is 0.192. The molecule has 1 saturated carbocycles. The highest BCUT2D eigenvalue weighted by Crippen LogP contribution is 2.27. The number of hydrogen-bond acceptors (Lipinski definition) is 3. The molecule has 39 heavy (non-hydrogen) atoms. The third-order valence-electron chi connectivity index (χ3n) is 6.81. The number of hydrogen-bond donors (Lipinski definition) is 1. The summed E-state index contributed by atoms with van der Waals surface area (Å²) in [5.74, 6) is 0.482. The van der Waals surface area contributed by atoms with Crippen LogP contribution in [-0.4, -0.2) is 34.6 Å². The molecule has 0 radical (unpaired) electrons. The van der Waals surface area contributed by atoms with Gasteiger partial charge in [0.25, 0.3) is 0 Å². The molecule has 2 amide bonds. The van der Waals surface area contributed by atoms with Crippen LogP contribution in [0.2, 0.25) is 20.1 Å². The van der Waals surface area contributed by atoms with Crippen molar-refractivity contribution in [3.63, 3.8) is 0 Å². The lowest BCUT2D eigenvalue weighted by molar-refractivity contribution is -0.139. The third kappa shape index (κ3) is 8.80. The van der Waals surface area contributed by atoms with Gasteiger partial charge >= 0.3 is 0 Å². The van der Waals surface area contributed by atoms with Gasteiger partial charge in [0.2, 0.25) is 11.8 Å². The minimum absolute atomic E-state index is 0.135. The van der Waals surface area contributed by atoms with Crippen molar-refractivity contribution in [2.75, 3.05) is 5.75 Å². The van der Waals surface area contributed by atoms with Crippen molar-refractivity contribution in [2.45, 2.75) is 56.5 Å². The Labute approximate surface area is 254 Å². The van der Waals surface area contributed by atoms with Gasteiger partial charge in [0.15, 0.2) is 0 Å². The molecular formula is C30H30Cl4N2O2S. The zero-order chi connectivity index (χ0) is 27.8. The van der Waals surface area contributed by atoms with Crippen LogP contribution in [-0.2, 0) is 28.3 Å². The molecular weight excluding hydrogens is 594 g/mol. The van der Waals surface area contributed by atoms with E-state index in [0.29, 0.717) is 32.3 Å². The van der Waals surface area contributed by atoms with Gasteiger partial charge in [0.1, 0.15) is 6.04 Å². The fraction of sp³-hybridized carbons (Fsp3) is 0.333. The van der Waals surface area contributed by atoms with Gasteiger partial charge in [-0.15, -0.1) is 11.8 Å². The summed E-state index contributed by atoms with van der Waals surface area (Å²) >= 11 is 26.3. The Kier molecular flexibility index (Phi) is 11.3. The second-order valence-corrected chi connectivity index (χ2v) is 12.3. The molecule has 1 unspecified atom stereocenters. The van der Waals surface area contributed by atoms with Crippen molar-refractivity contribution in [3.8, 4) is 0 Å². The monoisotopic (exact) mass is 622 g/mol. The van der Waals surface area contributed by atoms with Crippen molar-refractivity contribution < 1.29 is 9.59 Å². The average molecular weight is 624 g/mol. The van der Waals surface area contributed by atoms with Gasteiger partial charge < -0.3 is 10.2 Å². The van der Waals surface area contributed by atoms with Crippen LogP contribution < -0.4 is 5.32 Å². The summed E-state index contributed by atoms with van der Waals surface area (Å²) in [5.41, 5.74) is 2.68. The Hall–Kier alpha value is -1.89. The lowest BCUT2D eigenvalue weighted by atomic mass is 10.0. The largest absolute Gasteiger partial charge is 0.352 e. The lowest BCUT2D eigenvalue weighted by Gasteiger charge is -2.32. The van der Waals surface area contributed by atoms with Crippen molar-refractivity contribution in [3.05, 3.63) is 104 Å². The molecule has 0 heterocycles. The van der Waals surface area contributed by atoms with E-state index >= 15 is 0 Å². The number of nitrogens with one attached hydrogen (secondary N) is 1. The topological polar surface area (TPSA) is 49.4 Å². The van der Waals surface area contributed by atoms with Gasteiger partial charge in [0, 0.05) is 34.8 Å². The summed E-state index contributed by atoms with van der Waals surface area (Å²) in [5, 5.41) is 5.15. The minimum atomic E-state index is -0.696. The van der Waals surface area contributed by atoms with E-state index in [1.807, 2.05) is 42.5 Å². The molecule has 0 aliphatic heterocycles. The van der Waals surface area contributed by atoms with E-state index in [4.69, 9.17) is 46.4 Å². The second kappa shape index (κ2) is 14.7. The Morgan fingerprint density at radius 3 is 2.31 bits per heavy atom. The number of thioether (sulfide) groups is 1. The van der Waals surface area contributed by atoms with Gasteiger partial charge in [-0.2, -0.15) is 0 Å². The first-order valence-electron chi connectivity index (χ1n) is 12.9. The molecule has 1 fully saturated rings. The van der Waals surface area contributed by atoms with E-state index < -0.39 is 6.04 Å². The molecule has 0 aromatic heterocycles. The van der Waals surface area contributed by atoms with Crippen LogP contribution in [0.5, 0.6) is 0 Å². The highest BCUT2D eigenvalue weighted by molar-refractivity contribution is 7.99. The predicted octanol–water partition coefficient (Wildman–Crippen LogP) is 8.23. The Bertz CT molecular complexity index is 1290. The van der Waals surface area contributed by atoms with Crippen molar-refractivity contribution >= 4 is 70.0 Å². The van der Waals surface area contributed by atoms with Crippen LogP contribution in [0.15, 0.2) is 66.7 Å². The van der Waals surface area contributed by atoms with Crippen LogP contribution in [0, 0.1) is 0 Å². The number of amides is 2. The second-order valence-electron chi connectivity index (χ2n) is 9.69. The van der Waals surface area contributed by atoms with E-state index in [2.05, 4.69) is 5.32 Å². The Morgan fingerprint density at radius 2 is 1.62 bits per heavy atom. The highest BCUT2D eigenvalue weighted by Gasteiger charge is 2.32. The summed E-state index contributed by atoms with van der Waals surface area (Å²) in [4.78, 5) is 29.2. The maximum Gasteiger partial charge on any atom is 0.243 e. The summed E-state index contributed by atoms with van der Waals surface area (Å²) in [6, 6.07) is 19.9. The van der Waals surface area contributed by atoms with Gasteiger partial charge in [-0.05, 0) is 53.8 Å². The number of rotatable bonds is 11. The fourth-order valence-electron chi connectivity index (χ4n) is 4.72. The first-order valence-corrected chi connectivity index (χ1v) is 15.6. The molecule has 3 aromatic carbocycles. The van der Waals surface area contributed by atoms with Crippen LogP contribution in [0.25, 0.3) is 0 Å². The van der Waals surface area contributed by atoms with Gasteiger partial charge in [-0.3, -0.25) is 9.59 Å². The SMILES string of the molecule is O=C(NC1CCCC1)C(Cc1ccccc1)N(Cc1ccc(Cl)cc1Cl)C(=O)CSCc1ccc(Cl)c(Cl)c1. The normalized spacial score (nSPS) is 14.3. The number of halogens is 4. The first kappa shape index (κ1) is 30.1. The minimum Gasteiger partial charge on any atom is -0.352 e. The van der Waals surface area contributed by atoms with E-state index in [-0.39, 0.29) is 30.2 Å². The van der Waals surface area contributed by atoms with Gasteiger partial charge in [-0.25, -0.2) is 0 Å². The molecule has 1 N–H and O–H groups in total. The van der Waals surface area contributed by atoms with Gasteiger partial charge in [0.05, 0.1) is 15.8 Å². The zero-order valence-electron chi connectivity index (χ0n) is 21.3. The molecule has 9 heteroatoms. The predicted molar refractivity (Wildman–Crippen MR) is 164 cm³/mol. The summed E-state index contributed by atoms with van der Waals surface area (Å²) < 4.78 is 0. The van der Waals surface area contributed by atoms with Crippen LogP contribution in [0.4, 0.5) is 0 Å². The summed E-state index contributed by atoms with van der Waals surface area (Å²) in [7, 11) is 0. The molecule has 0 saturated heterocycles. The zero-order valence-corrected chi connectivity index (χ0v) is 25.2. The van der Waals surface area contributed by atoms with Crippen LogP contribution >= 0.6 is 58.2 Å². The maximum absolute atomic E-state index is 13.8. The molecule has 1 aliphatic rings. The molecule has 4 nitrogen and oxygen atoms in total. The molecule has 0 bridgehead atoms. The van der Waals surface area contributed by atoms with Crippen LogP contribution in [0.1, 0.15) is 42.4 Å². The smallest absolute Gasteiger partial charge is 0.243 e. The van der Waals surface area contributed by atoms with Gasteiger partial charge in [-0.1, -0.05) is 102 Å². The highest BCUT2D eigenvalue weighted by atomic mass is 35.5. The number of nitrogens with zero attached hydrogens (tertiary/aromatic N) is 1. The van der Waals surface area contributed by atoms with Crippen molar-refractivity contribution in [2.24, 2.45) is 0 Å². The van der Waals surface area contributed by atoms with E-state index in [1.165, 1.54) is 11.8 Å². The van der Waals surface area contributed by atoms with E-state index in [9.17, 15) is 9.59 Å². The average Bonchev–Trinajstić information content (AvgIpc) is 3.43. The van der Waals surface area contributed by atoms with E-state index in [0.717, 1.165) is 42.4 Å². The Morgan fingerprint density at radius 1 is 0.872 bits per heavy atom. The van der Waals surface area contributed by atoms with Crippen molar-refractivity contribution in [1.29, 1.82) is 0 Å².